The van der Waals surface area contributed by atoms with E-state index < -0.39 is 22.5 Å². The second-order valence-corrected chi connectivity index (χ2v) is 6.95. The van der Waals surface area contributed by atoms with Crippen molar-refractivity contribution >= 4 is 21.6 Å². The maximum absolute atomic E-state index is 12.9. The summed E-state index contributed by atoms with van der Waals surface area (Å²) in [5.41, 5.74) is 3.22. The van der Waals surface area contributed by atoms with Gasteiger partial charge in [-0.15, -0.1) is 0 Å². The van der Waals surface area contributed by atoms with Crippen molar-refractivity contribution in [1.82, 2.24) is 5.43 Å². The number of hydrogen-bond acceptors (Lipinski definition) is 5. The van der Waals surface area contributed by atoms with Gasteiger partial charge in [0.25, 0.3) is 15.9 Å². The Hall–Kier alpha value is -2.58. The third-order valence-electron chi connectivity index (χ3n) is 3.42. The van der Waals surface area contributed by atoms with Crippen LogP contribution in [0.4, 0.5) is 5.69 Å². The van der Waals surface area contributed by atoms with Crippen molar-refractivity contribution in [1.29, 1.82) is 0 Å². The van der Waals surface area contributed by atoms with Gasteiger partial charge >= 0.3 is 0 Å². The van der Waals surface area contributed by atoms with Crippen molar-refractivity contribution in [3.05, 3.63) is 54.1 Å². The number of amides is 1. The number of aryl methyl sites for hydroxylation is 1. The number of benzene rings is 2. The number of hydrazine groups is 1. The number of nitrogens with one attached hydrogen (secondary N) is 1. The minimum atomic E-state index is -3.92. The van der Waals surface area contributed by atoms with Gasteiger partial charge in [0, 0.05) is 0 Å². The van der Waals surface area contributed by atoms with E-state index in [9.17, 15) is 13.2 Å². The summed E-state index contributed by atoms with van der Waals surface area (Å²) in [6.07, 6.45) is 0. The first kappa shape index (κ1) is 17.8. The molecule has 0 atom stereocenters. The molecule has 0 spiro atoms. The first-order chi connectivity index (χ1) is 11.4. The van der Waals surface area contributed by atoms with Crippen molar-refractivity contribution in [2.45, 2.75) is 11.8 Å². The molecule has 0 saturated carbocycles. The van der Waals surface area contributed by atoms with Crippen LogP contribution in [0.3, 0.4) is 0 Å². The van der Waals surface area contributed by atoms with Gasteiger partial charge in [0.05, 0.1) is 17.7 Å². The number of sulfonamides is 1. The summed E-state index contributed by atoms with van der Waals surface area (Å²) in [6, 6.07) is 12.8. The zero-order chi connectivity index (χ0) is 17.7. The molecule has 0 aliphatic rings. The van der Waals surface area contributed by atoms with Crippen LogP contribution < -0.4 is 20.3 Å². The Bertz CT molecular complexity index is 802. The lowest BCUT2D eigenvalue weighted by Crippen LogP contribution is -2.43. The highest BCUT2D eigenvalue weighted by Gasteiger charge is 2.27. The zero-order valence-corrected chi connectivity index (χ0v) is 14.2. The number of anilines is 1. The van der Waals surface area contributed by atoms with E-state index in [1.807, 2.05) is 12.3 Å². The lowest BCUT2D eigenvalue weighted by atomic mass is 10.2. The number of hydrogen-bond donors (Lipinski definition) is 2. The maximum Gasteiger partial charge on any atom is 0.264 e. The van der Waals surface area contributed by atoms with Crippen LogP contribution >= 0.6 is 0 Å². The number of ether oxygens (including phenoxy) is 1. The van der Waals surface area contributed by atoms with Crippen molar-refractivity contribution in [3.63, 3.8) is 0 Å². The highest BCUT2D eigenvalue weighted by atomic mass is 32.2. The number of carbonyl (C=O) groups is 1. The molecule has 2 rings (SSSR count). The molecule has 0 unspecified atom stereocenters. The van der Waals surface area contributed by atoms with E-state index in [0.717, 1.165) is 9.87 Å². The monoisotopic (exact) mass is 349 g/mol. The van der Waals surface area contributed by atoms with E-state index in [1.54, 1.807) is 36.4 Å². The van der Waals surface area contributed by atoms with E-state index in [-0.39, 0.29) is 4.90 Å². The van der Waals surface area contributed by atoms with E-state index in [1.165, 1.54) is 19.2 Å². The Kier molecular flexibility index (Phi) is 5.42. The SMILES string of the molecule is COc1ccc(N(CC(=O)NN)S(=O)(=O)c2ccc(C)cc2)cc1. The number of methoxy groups -OCH3 is 1. The van der Waals surface area contributed by atoms with E-state index in [4.69, 9.17) is 10.6 Å². The van der Waals surface area contributed by atoms with Crippen molar-refractivity contribution in [3.8, 4) is 5.75 Å². The van der Waals surface area contributed by atoms with Gasteiger partial charge in [-0.25, -0.2) is 14.3 Å². The van der Waals surface area contributed by atoms with Crippen molar-refractivity contribution in [2.24, 2.45) is 5.84 Å². The van der Waals surface area contributed by atoms with Crippen LogP contribution in [-0.2, 0) is 14.8 Å². The van der Waals surface area contributed by atoms with Crippen LogP contribution in [0.5, 0.6) is 5.75 Å². The van der Waals surface area contributed by atoms with Gasteiger partial charge in [-0.1, -0.05) is 17.7 Å². The summed E-state index contributed by atoms with van der Waals surface area (Å²) in [5.74, 6) is 5.06. The molecule has 24 heavy (non-hydrogen) atoms. The van der Waals surface area contributed by atoms with Crippen molar-refractivity contribution in [2.75, 3.05) is 18.0 Å². The summed E-state index contributed by atoms with van der Waals surface area (Å²) in [4.78, 5) is 11.8. The van der Waals surface area contributed by atoms with Gasteiger partial charge in [-0.3, -0.25) is 14.5 Å². The molecule has 0 fully saturated rings. The summed E-state index contributed by atoms with van der Waals surface area (Å²) in [5, 5.41) is 0. The number of rotatable bonds is 6. The molecule has 7 nitrogen and oxygen atoms in total. The quantitative estimate of drug-likeness (QED) is 0.463. The standard InChI is InChI=1S/C16H19N3O4S/c1-12-3-9-15(10-4-12)24(21,22)19(11-16(20)18-17)13-5-7-14(23-2)8-6-13/h3-10H,11,17H2,1-2H3,(H,18,20). The third-order valence-corrected chi connectivity index (χ3v) is 5.21. The molecule has 0 aromatic heterocycles. The van der Waals surface area contributed by atoms with Crippen LogP contribution in [-0.4, -0.2) is 28.0 Å². The average Bonchev–Trinajstić information content (AvgIpc) is 2.59. The van der Waals surface area contributed by atoms with Crippen LogP contribution in [0, 0.1) is 6.92 Å². The normalized spacial score (nSPS) is 11.0. The molecule has 0 radical (unpaired) electrons. The van der Waals surface area contributed by atoms with Crippen molar-refractivity contribution < 1.29 is 17.9 Å². The molecule has 8 heteroatoms. The molecule has 2 aromatic carbocycles. The minimum Gasteiger partial charge on any atom is -0.497 e. The Morgan fingerprint density at radius 3 is 2.21 bits per heavy atom. The van der Waals surface area contributed by atoms with Crippen LogP contribution in [0.15, 0.2) is 53.4 Å². The largest absolute Gasteiger partial charge is 0.497 e. The predicted octanol–water partition coefficient (Wildman–Crippen LogP) is 1.19. The molecule has 0 saturated heterocycles. The second-order valence-electron chi connectivity index (χ2n) is 5.09. The lowest BCUT2D eigenvalue weighted by Gasteiger charge is -2.24. The second kappa shape index (κ2) is 7.33. The molecular weight excluding hydrogens is 330 g/mol. The van der Waals surface area contributed by atoms with Gasteiger partial charge in [0.15, 0.2) is 0 Å². The van der Waals surface area contributed by atoms with Gasteiger partial charge in [0.2, 0.25) is 0 Å². The maximum atomic E-state index is 12.9. The van der Waals surface area contributed by atoms with E-state index in [0.29, 0.717) is 11.4 Å². The Balaban J connectivity index is 2.47. The molecule has 0 aliphatic heterocycles. The van der Waals surface area contributed by atoms with E-state index in [2.05, 4.69) is 0 Å². The summed E-state index contributed by atoms with van der Waals surface area (Å²) < 4.78 is 31.9. The molecule has 0 bridgehead atoms. The number of carbonyl (C=O) groups excluding carboxylic acids is 1. The van der Waals surface area contributed by atoms with Gasteiger partial charge < -0.3 is 4.74 Å². The Labute approximate surface area is 141 Å². The molecule has 2 aromatic rings. The zero-order valence-electron chi connectivity index (χ0n) is 13.4. The van der Waals surface area contributed by atoms with Crippen LogP contribution in [0.25, 0.3) is 0 Å². The molecule has 0 heterocycles. The smallest absolute Gasteiger partial charge is 0.264 e. The summed E-state index contributed by atoms with van der Waals surface area (Å²) >= 11 is 0. The molecule has 1 amide bonds. The first-order valence-corrected chi connectivity index (χ1v) is 8.55. The summed E-state index contributed by atoms with van der Waals surface area (Å²) in [7, 11) is -2.41. The number of nitrogens with two attached hydrogens (primary N) is 1. The number of nitrogens with zero attached hydrogens (tertiary/aromatic N) is 1. The van der Waals surface area contributed by atoms with Gasteiger partial charge in [0.1, 0.15) is 12.3 Å². The lowest BCUT2D eigenvalue weighted by molar-refractivity contribution is -0.119. The van der Waals surface area contributed by atoms with E-state index >= 15 is 0 Å². The predicted molar refractivity (Wildman–Crippen MR) is 91.0 cm³/mol. The van der Waals surface area contributed by atoms with Gasteiger partial charge in [-0.2, -0.15) is 0 Å². The molecule has 3 N–H and O–H groups in total. The highest BCUT2D eigenvalue weighted by molar-refractivity contribution is 7.92. The fourth-order valence-corrected chi connectivity index (χ4v) is 3.50. The topological polar surface area (TPSA) is 102 Å². The summed E-state index contributed by atoms with van der Waals surface area (Å²) in [6.45, 7) is 1.43. The first-order valence-electron chi connectivity index (χ1n) is 7.11. The van der Waals surface area contributed by atoms with Crippen LogP contribution in [0.2, 0.25) is 0 Å². The fourth-order valence-electron chi connectivity index (χ4n) is 2.08. The molecular formula is C16H19N3O4S. The van der Waals surface area contributed by atoms with Gasteiger partial charge in [-0.05, 0) is 43.3 Å². The minimum absolute atomic E-state index is 0.0914. The Morgan fingerprint density at radius 1 is 1.12 bits per heavy atom. The van der Waals surface area contributed by atoms with Crippen LogP contribution in [0.1, 0.15) is 5.56 Å². The molecule has 0 aliphatic carbocycles. The third kappa shape index (κ3) is 3.84. The Morgan fingerprint density at radius 2 is 1.71 bits per heavy atom. The highest BCUT2D eigenvalue weighted by Crippen LogP contribution is 2.25. The average molecular weight is 349 g/mol. The molecule has 128 valence electrons. The fraction of sp³-hybridized carbons (Fsp3) is 0.188.